The zero-order valence-corrected chi connectivity index (χ0v) is 12.1. The van der Waals surface area contributed by atoms with E-state index in [1.807, 2.05) is 31.7 Å². The Balaban J connectivity index is 2.45. The molecule has 0 bridgehead atoms. The Hall–Kier alpha value is -1.23. The molecule has 0 aliphatic carbocycles. The highest BCUT2D eigenvalue weighted by Gasteiger charge is 2.33. The van der Waals surface area contributed by atoms with E-state index in [0.29, 0.717) is 5.69 Å². The van der Waals surface area contributed by atoms with Gasteiger partial charge in [0.2, 0.25) is 0 Å². The first-order valence-electron chi connectivity index (χ1n) is 6.86. The van der Waals surface area contributed by atoms with Crippen LogP contribution in [-0.4, -0.2) is 26.2 Å². The lowest BCUT2D eigenvalue weighted by atomic mass is 9.85. The number of hydrogen-bond donors (Lipinski definition) is 1. The van der Waals surface area contributed by atoms with Gasteiger partial charge in [-0.3, -0.25) is 0 Å². The van der Waals surface area contributed by atoms with Crippen LogP contribution in [0.25, 0.3) is 0 Å². The highest BCUT2D eigenvalue weighted by atomic mass is 19.4. The molecule has 0 amide bonds. The first kappa shape index (κ1) is 15.2. The number of nitrogens with one attached hydrogen (secondary N) is 1. The lowest BCUT2D eigenvalue weighted by Gasteiger charge is -2.31. The minimum Gasteiger partial charge on any atom is -0.369 e. The SMILES string of the molecule is CC(C)(C)c1cc(N2CCNCC2)cc(C(F)(F)F)c1. The Labute approximate surface area is 118 Å². The molecule has 112 valence electrons. The van der Waals surface area contributed by atoms with Gasteiger partial charge in [0.25, 0.3) is 0 Å². The van der Waals surface area contributed by atoms with Gasteiger partial charge in [0.05, 0.1) is 5.56 Å². The number of hydrogen-bond acceptors (Lipinski definition) is 2. The van der Waals surface area contributed by atoms with Gasteiger partial charge < -0.3 is 10.2 Å². The summed E-state index contributed by atoms with van der Waals surface area (Å²) in [5, 5.41) is 3.21. The van der Waals surface area contributed by atoms with Gasteiger partial charge >= 0.3 is 6.18 Å². The van der Waals surface area contributed by atoms with Crippen LogP contribution in [-0.2, 0) is 11.6 Å². The van der Waals surface area contributed by atoms with Crippen molar-refractivity contribution in [3.8, 4) is 0 Å². The number of halogens is 3. The van der Waals surface area contributed by atoms with E-state index in [1.54, 1.807) is 0 Å². The van der Waals surface area contributed by atoms with E-state index < -0.39 is 11.7 Å². The minimum atomic E-state index is -4.30. The van der Waals surface area contributed by atoms with E-state index in [1.165, 1.54) is 12.1 Å². The van der Waals surface area contributed by atoms with E-state index in [0.717, 1.165) is 31.7 Å². The summed E-state index contributed by atoms with van der Waals surface area (Å²) in [4.78, 5) is 2.01. The molecule has 2 nitrogen and oxygen atoms in total. The molecule has 1 saturated heterocycles. The van der Waals surface area contributed by atoms with Gasteiger partial charge in [-0.1, -0.05) is 20.8 Å². The molecule has 1 aliphatic heterocycles. The van der Waals surface area contributed by atoms with E-state index >= 15 is 0 Å². The van der Waals surface area contributed by atoms with Crippen molar-refractivity contribution in [1.82, 2.24) is 5.32 Å². The zero-order valence-electron chi connectivity index (χ0n) is 12.1. The molecule has 20 heavy (non-hydrogen) atoms. The van der Waals surface area contributed by atoms with Gasteiger partial charge in [-0.05, 0) is 29.2 Å². The van der Waals surface area contributed by atoms with Crippen molar-refractivity contribution in [2.24, 2.45) is 0 Å². The summed E-state index contributed by atoms with van der Waals surface area (Å²) >= 11 is 0. The van der Waals surface area contributed by atoms with Gasteiger partial charge in [-0.15, -0.1) is 0 Å². The molecule has 2 rings (SSSR count). The van der Waals surface area contributed by atoms with Crippen molar-refractivity contribution < 1.29 is 13.2 Å². The molecule has 1 aromatic carbocycles. The van der Waals surface area contributed by atoms with Crippen LogP contribution in [0.15, 0.2) is 18.2 Å². The van der Waals surface area contributed by atoms with Gasteiger partial charge in [-0.2, -0.15) is 13.2 Å². The number of benzene rings is 1. The predicted molar refractivity (Wildman–Crippen MR) is 75.2 cm³/mol. The molecule has 0 saturated carbocycles. The molecule has 1 aromatic rings. The van der Waals surface area contributed by atoms with Crippen molar-refractivity contribution in [2.75, 3.05) is 31.1 Å². The summed E-state index contributed by atoms with van der Waals surface area (Å²) in [5.41, 5.74) is 0.537. The molecule has 5 heteroatoms. The van der Waals surface area contributed by atoms with E-state index in [-0.39, 0.29) is 5.41 Å². The lowest BCUT2D eigenvalue weighted by Crippen LogP contribution is -2.43. The third kappa shape index (κ3) is 3.45. The van der Waals surface area contributed by atoms with Crippen molar-refractivity contribution in [2.45, 2.75) is 32.4 Å². The summed E-state index contributed by atoms with van der Waals surface area (Å²) in [6.07, 6.45) is -4.30. The number of nitrogens with zero attached hydrogens (tertiary/aromatic N) is 1. The summed E-state index contributed by atoms with van der Waals surface area (Å²) in [6.45, 7) is 8.90. The van der Waals surface area contributed by atoms with Gasteiger partial charge in [0.1, 0.15) is 0 Å². The average molecular weight is 286 g/mol. The molecule has 1 N–H and O–H groups in total. The smallest absolute Gasteiger partial charge is 0.369 e. The summed E-state index contributed by atoms with van der Waals surface area (Å²) in [6, 6.07) is 4.42. The molecular formula is C15H21F3N2. The largest absolute Gasteiger partial charge is 0.416 e. The fraction of sp³-hybridized carbons (Fsp3) is 0.600. The Morgan fingerprint density at radius 1 is 0.950 bits per heavy atom. The quantitative estimate of drug-likeness (QED) is 0.851. The van der Waals surface area contributed by atoms with E-state index in [2.05, 4.69) is 5.32 Å². The zero-order chi connectivity index (χ0) is 15.0. The monoisotopic (exact) mass is 286 g/mol. The lowest BCUT2D eigenvalue weighted by molar-refractivity contribution is -0.137. The van der Waals surface area contributed by atoms with Crippen LogP contribution in [0.3, 0.4) is 0 Å². The molecule has 0 unspecified atom stereocenters. The number of piperazine rings is 1. The second kappa shape index (κ2) is 5.28. The van der Waals surface area contributed by atoms with Crippen LogP contribution >= 0.6 is 0 Å². The minimum absolute atomic E-state index is 0.302. The summed E-state index contributed by atoms with van der Waals surface area (Å²) in [7, 11) is 0. The van der Waals surface area contributed by atoms with Gasteiger partial charge in [0.15, 0.2) is 0 Å². The summed E-state index contributed by atoms with van der Waals surface area (Å²) in [5.74, 6) is 0. The first-order valence-corrected chi connectivity index (χ1v) is 6.86. The molecule has 1 aliphatic rings. The molecular weight excluding hydrogens is 265 g/mol. The third-order valence-electron chi connectivity index (χ3n) is 3.59. The van der Waals surface area contributed by atoms with Crippen molar-refractivity contribution in [3.05, 3.63) is 29.3 Å². The molecule has 0 radical (unpaired) electrons. The Morgan fingerprint density at radius 2 is 1.50 bits per heavy atom. The number of anilines is 1. The van der Waals surface area contributed by atoms with E-state index in [9.17, 15) is 13.2 Å². The number of rotatable bonds is 1. The summed E-state index contributed by atoms with van der Waals surface area (Å²) < 4.78 is 39.2. The van der Waals surface area contributed by atoms with Crippen LogP contribution in [0.1, 0.15) is 31.9 Å². The van der Waals surface area contributed by atoms with Crippen LogP contribution in [0.2, 0.25) is 0 Å². The van der Waals surface area contributed by atoms with Crippen LogP contribution < -0.4 is 10.2 Å². The second-order valence-corrected chi connectivity index (χ2v) is 6.25. The van der Waals surface area contributed by atoms with Crippen molar-refractivity contribution in [1.29, 1.82) is 0 Å². The highest BCUT2D eigenvalue weighted by Crippen LogP contribution is 2.36. The molecule has 0 aromatic heterocycles. The third-order valence-corrected chi connectivity index (χ3v) is 3.59. The van der Waals surface area contributed by atoms with E-state index in [4.69, 9.17) is 0 Å². The normalized spacial score (nSPS) is 17.4. The fourth-order valence-electron chi connectivity index (χ4n) is 2.31. The van der Waals surface area contributed by atoms with Crippen LogP contribution in [0.4, 0.5) is 18.9 Å². The number of alkyl halides is 3. The average Bonchev–Trinajstić information content (AvgIpc) is 2.37. The maximum Gasteiger partial charge on any atom is 0.416 e. The maximum absolute atomic E-state index is 13.1. The second-order valence-electron chi connectivity index (χ2n) is 6.25. The molecule has 0 spiro atoms. The Morgan fingerprint density at radius 3 is 2.00 bits per heavy atom. The highest BCUT2D eigenvalue weighted by molar-refractivity contribution is 5.53. The first-order chi connectivity index (χ1) is 9.18. The Bertz CT molecular complexity index is 437. The van der Waals surface area contributed by atoms with Gasteiger partial charge in [-0.25, -0.2) is 0 Å². The van der Waals surface area contributed by atoms with Crippen molar-refractivity contribution in [3.63, 3.8) is 0 Å². The Kier molecular flexibility index (Phi) is 4.00. The molecule has 1 heterocycles. The van der Waals surface area contributed by atoms with Crippen LogP contribution in [0, 0.1) is 0 Å². The standard InChI is InChI=1S/C15H21F3N2/c1-14(2,3)11-8-12(15(16,17)18)10-13(9-11)20-6-4-19-5-7-20/h8-10,19H,4-7H2,1-3H3. The molecule has 0 atom stereocenters. The van der Waals surface area contributed by atoms with Gasteiger partial charge in [0, 0.05) is 31.9 Å². The topological polar surface area (TPSA) is 15.3 Å². The predicted octanol–water partition coefficient (Wildman–Crippen LogP) is 3.41. The van der Waals surface area contributed by atoms with Crippen molar-refractivity contribution >= 4 is 5.69 Å². The fourth-order valence-corrected chi connectivity index (χ4v) is 2.31. The molecule has 1 fully saturated rings. The maximum atomic E-state index is 13.1. The van der Waals surface area contributed by atoms with Crippen LogP contribution in [0.5, 0.6) is 0 Å².